The summed E-state index contributed by atoms with van der Waals surface area (Å²) < 4.78 is 0. The first-order chi connectivity index (χ1) is 8.92. The molecule has 0 fully saturated rings. The molecule has 2 rings (SSSR count). The number of nitrogens with zero attached hydrogens (tertiary/aromatic N) is 2. The number of aromatic nitrogens is 3. The molecular weight excluding hydrogens is 244 g/mol. The Labute approximate surface area is 112 Å². The van der Waals surface area contributed by atoms with E-state index in [0.29, 0.717) is 0 Å². The van der Waals surface area contributed by atoms with E-state index in [4.69, 9.17) is 0 Å². The van der Waals surface area contributed by atoms with Crippen LogP contribution in [0.25, 0.3) is 11.3 Å². The van der Waals surface area contributed by atoms with Gasteiger partial charge < -0.3 is 5.32 Å². The third-order valence-corrected chi connectivity index (χ3v) is 3.36. The Balaban J connectivity index is 1.92. The van der Waals surface area contributed by atoms with Gasteiger partial charge in [0.2, 0.25) is 0 Å². The molecule has 2 aromatic rings. The van der Waals surface area contributed by atoms with Gasteiger partial charge in [-0.25, -0.2) is 0 Å². The molecule has 0 radical (unpaired) electrons. The largest absolute Gasteiger partial charge is 0.311 e. The Morgan fingerprint density at radius 2 is 2.06 bits per heavy atom. The predicted octanol–water partition coefficient (Wildman–Crippen LogP) is 2.31. The summed E-state index contributed by atoms with van der Waals surface area (Å²) in [4.78, 5) is 0. The quantitative estimate of drug-likeness (QED) is 0.752. The summed E-state index contributed by atoms with van der Waals surface area (Å²) in [7, 11) is 0. The second-order valence-corrected chi connectivity index (χ2v) is 4.99. The summed E-state index contributed by atoms with van der Waals surface area (Å²) in [5.74, 6) is 1.19. The lowest BCUT2D eigenvalue weighted by molar-refractivity contribution is 0.666. The third-order valence-electron chi connectivity index (χ3n) is 2.66. The van der Waals surface area contributed by atoms with Gasteiger partial charge in [-0.05, 0) is 25.0 Å². The highest BCUT2D eigenvalue weighted by Crippen LogP contribution is 2.18. The van der Waals surface area contributed by atoms with Crippen LogP contribution in [0.5, 0.6) is 0 Å². The summed E-state index contributed by atoms with van der Waals surface area (Å²) in [5, 5.41) is 14.5. The van der Waals surface area contributed by atoms with E-state index < -0.39 is 0 Å². The van der Waals surface area contributed by atoms with Gasteiger partial charge in [-0.3, -0.25) is 0 Å². The molecule has 0 aliphatic carbocycles. The molecule has 0 atom stereocenters. The molecule has 2 N–H and O–H groups in total. The molecule has 1 aromatic carbocycles. The molecule has 4 nitrogen and oxygen atoms in total. The van der Waals surface area contributed by atoms with Gasteiger partial charge in [-0.2, -0.15) is 27.2 Å². The van der Waals surface area contributed by atoms with Gasteiger partial charge in [-0.15, -0.1) is 0 Å². The number of H-pyrrole nitrogens is 1. The van der Waals surface area contributed by atoms with E-state index in [1.54, 1.807) is 0 Å². The van der Waals surface area contributed by atoms with E-state index in [1.807, 2.05) is 30.0 Å². The fourth-order valence-electron chi connectivity index (χ4n) is 1.75. The minimum Gasteiger partial charge on any atom is -0.311 e. The summed E-state index contributed by atoms with van der Waals surface area (Å²) in [6.07, 6.45) is 3.31. The maximum Gasteiger partial charge on any atom is 0.117 e. The van der Waals surface area contributed by atoms with Crippen molar-refractivity contribution in [1.82, 2.24) is 20.7 Å². The lowest BCUT2D eigenvalue weighted by Crippen LogP contribution is -2.16. The summed E-state index contributed by atoms with van der Waals surface area (Å²) in [6, 6.07) is 10.1. The van der Waals surface area contributed by atoms with Crippen LogP contribution >= 0.6 is 11.8 Å². The van der Waals surface area contributed by atoms with Crippen molar-refractivity contribution in [3.8, 4) is 11.3 Å². The van der Waals surface area contributed by atoms with Crippen molar-refractivity contribution >= 4 is 11.8 Å². The second-order valence-electron chi connectivity index (χ2n) is 4.01. The van der Waals surface area contributed by atoms with E-state index in [2.05, 4.69) is 39.1 Å². The molecule has 0 saturated heterocycles. The fourth-order valence-corrected chi connectivity index (χ4v) is 2.18. The Morgan fingerprint density at radius 1 is 1.22 bits per heavy atom. The van der Waals surface area contributed by atoms with Crippen molar-refractivity contribution in [3.63, 3.8) is 0 Å². The van der Waals surface area contributed by atoms with Gasteiger partial charge in [0.15, 0.2) is 0 Å². The number of rotatable bonds is 7. The van der Waals surface area contributed by atoms with Crippen LogP contribution in [-0.4, -0.2) is 34.0 Å². The first kappa shape index (κ1) is 13.1. The van der Waals surface area contributed by atoms with Crippen LogP contribution in [0.4, 0.5) is 0 Å². The highest BCUT2D eigenvalue weighted by Gasteiger charge is 2.08. The van der Waals surface area contributed by atoms with Crippen LogP contribution in [-0.2, 0) is 6.54 Å². The number of hydrogen-bond donors (Lipinski definition) is 2. The van der Waals surface area contributed by atoms with Crippen molar-refractivity contribution in [2.45, 2.75) is 13.0 Å². The van der Waals surface area contributed by atoms with Crippen LogP contribution in [0, 0.1) is 0 Å². The molecule has 5 heteroatoms. The first-order valence-electron chi connectivity index (χ1n) is 6.06. The van der Waals surface area contributed by atoms with Crippen LogP contribution in [0.15, 0.2) is 30.3 Å². The summed E-state index contributed by atoms with van der Waals surface area (Å²) >= 11 is 1.88. The number of aromatic amines is 1. The lowest BCUT2D eigenvalue weighted by Gasteiger charge is -2.03. The number of thioether (sulfide) groups is 1. The Morgan fingerprint density at radius 3 is 2.83 bits per heavy atom. The smallest absolute Gasteiger partial charge is 0.117 e. The van der Waals surface area contributed by atoms with Crippen molar-refractivity contribution in [3.05, 3.63) is 36.0 Å². The minimum atomic E-state index is 0.759. The molecule has 0 saturated carbocycles. The molecule has 0 aliphatic rings. The van der Waals surface area contributed by atoms with Crippen molar-refractivity contribution < 1.29 is 0 Å². The van der Waals surface area contributed by atoms with Crippen LogP contribution in [0.1, 0.15) is 12.1 Å². The molecule has 1 heterocycles. The third kappa shape index (κ3) is 3.58. The summed E-state index contributed by atoms with van der Waals surface area (Å²) in [5.41, 5.74) is 3.02. The SMILES string of the molecule is CSCCCNCc1n[nH]nc1-c1ccccc1. The van der Waals surface area contributed by atoms with Crippen LogP contribution in [0.3, 0.4) is 0 Å². The molecule has 0 aliphatic heterocycles. The predicted molar refractivity (Wildman–Crippen MR) is 76.5 cm³/mol. The topological polar surface area (TPSA) is 53.6 Å². The Hall–Kier alpha value is -1.33. The zero-order valence-corrected chi connectivity index (χ0v) is 11.3. The van der Waals surface area contributed by atoms with Gasteiger partial charge in [0.05, 0.1) is 0 Å². The number of nitrogens with one attached hydrogen (secondary N) is 2. The van der Waals surface area contributed by atoms with Gasteiger partial charge in [0, 0.05) is 12.1 Å². The first-order valence-corrected chi connectivity index (χ1v) is 7.46. The van der Waals surface area contributed by atoms with Gasteiger partial charge >= 0.3 is 0 Å². The highest BCUT2D eigenvalue weighted by molar-refractivity contribution is 7.98. The lowest BCUT2D eigenvalue weighted by atomic mass is 10.1. The Kier molecular flexibility index (Phi) is 5.23. The van der Waals surface area contributed by atoms with Crippen molar-refractivity contribution in [2.24, 2.45) is 0 Å². The summed E-state index contributed by atoms with van der Waals surface area (Å²) in [6.45, 7) is 1.77. The average Bonchev–Trinajstić information content (AvgIpc) is 2.88. The van der Waals surface area contributed by atoms with Gasteiger partial charge in [-0.1, -0.05) is 30.3 Å². The van der Waals surface area contributed by atoms with Gasteiger partial charge in [0.25, 0.3) is 0 Å². The maximum atomic E-state index is 4.22. The molecular formula is C13H18N4S. The highest BCUT2D eigenvalue weighted by atomic mass is 32.2. The zero-order valence-electron chi connectivity index (χ0n) is 10.5. The Bertz CT molecular complexity index is 455. The van der Waals surface area contributed by atoms with Gasteiger partial charge in [0.1, 0.15) is 11.4 Å². The maximum absolute atomic E-state index is 4.22. The van der Waals surface area contributed by atoms with Crippen LogP contribution < -0.4 is 5.32 Å². The molecule has 0 amide bonds. The van der Waals surface area contributed by atoms with E-state index in [9.17, 15) is 0 Å². The normalized spacial score (nSPS) is 10.7. The van der Waals surface area contributed by atoms with E-state index in [1.165, 1.54) is 12.2 Å². The monoisotopic (exact) mass is 262 g/mol. The number of hydrogen-bond acceptors (Lipinski definition) is 4. The van der Waals surface area contributed by atoms with Crippen molar-refractivity contribution in [2.75, 3.05) is 18.6 Å². The minimum absolute atomic E-state index is 0.759. The average molecular weight is 262 g/mol. The van der Waals surface area contributed by atoms with E-state index >= 15 is 0 Å². The molecule has 96 valence electrons. The second kappa shape index (κ2) is 7.18. The molecule has 1 aromatic heterocycles. The van der Waals surface area contributed by atoms with E-state index in [-0.39, 0.29) is 0 Å². The standard InChI is InChI=1S/C13H18N4S/c1-18-9-5-8-14-10-12-13(16-17-15-12)11-6-3-2-4-7-11/h2-4,6-7,14H,5,8-10H2,1H3,(H,15,16,17). The molecule has 18 heavy (non-hydrogen) atoms. The van der Waals surface area contributed by atoms with Crippen LogP contribution in [0.2, 0.25) is 0 Å². The molecule has 0 bridgehead atoms. The van der Waals surface area contributed by atoms with Crippen molar-refractivity contribution in [1.29, 1.82) is 0 Å². The molecule has 0 unspecified atom stereocenters. The molecule has 0 spiro atoms. The zero-order chi connectivity index (χ0) is 12.6. The van der Waals surface area contributed by atoms with E-state index in [0.717, 1.165) is 30.0 Å². The fraction of sp³-hybridized carbons (Fsp3) is 0.385. The number of benzene rings is 1.